The van der Waals surface area contributed by atoms with Crippen LogP contribution in [0.2, 0.25) is 0 Å². The molecule has 25 heavy (non-hydrogen) atoms. The number of hydrogen-bond donors (Lipinski definition) is 1. The fraction of sp³-hybridized carbons (Fsp3) is 0.500. The summed E-state index contributed by atoms with van der Waals surface area (Å²) in [7, 11) is 0. The predicted octanol–water partition coefficient (Wildman–Crippen LogP) is 4.78. The van der Waals surface area contributed by atoms with Crippen LogP contribution in [0.4, 0.5) is 0 Å². The van der Waals surface area contributed by atoms with Gasteiger partial charge in [-0.25, -0.2) is 4.98 Å². The van der Waals surface area contributed by atoms with Crippen molar-refractivity contribution < 1.29 is 9.53 Å². The number of rotatable bonds is 7. The fourth-order valence-corrected chi connectivity index (χ4v) is 3.29. The average molecular weight is 361 g/mol. The summed E-state index contributed by atoms with van der Waals surface area (Å²) in [5.41, 5.74) is 3.13. The van der Waals surface area contributed by atoms with E-state index < -0.39 is 6.10 Å². The molecule has 0 aliphatic carbocycles. The topological polar surface area (TPSA) is 51.2 Å². The molecule has 5 heteroatoms. The van der Waals surface area contributed by atoms with E-state index in [0.29, 0.717) is 18.4 Å². The molecule has 1 N–H and O–H groups in total. The first-order valence-electron chi connectivity index (χ1n) is 8.77. The molecular weight excluding hydrogens is 332 g/mol. The number of benzene rings is 1. The first-order valence-corrected chi connectivity index (χ1v) is 9.65. The van der Waals surface area contributed by atoms with E-state index in [1.54, 1.807) is 18.3 Å². The zero-order valence-electron chi connectivity index (χ0n) is 15.9. The predicted molar refractivity (Wildman–Crippen MR) is 103 cm³/mol. The molecule has 1 aromatic heterocycles. The van der Waals surface area contributed by atoms with Crippen LogP contribution in [0.1, 0.15) is 68.3 Å². The molecule has 0 fully saturated rings. The van der Waals surface area contributed by atoms with Crippen LogP contribution in [-0.2, 0) is 11.3 Å². The summed E-state index contributed by atoms with van der Waals surface area (Å²) in [5.74, 6) is 1.41. The molecule has 136 valence electrons. The van der Waals surface area contributed by atoms with Crippen LogP contribution in [0.15, 0.2) is 23.6 Å². The number of thiazole rings is 1. The minimum Gasteiger partial charge on any atom is -0.481 e. The molecule has 1 unspecified atom stereocenters. The highest BCUT2D eigenvalue weighted by atomic mass is 32.1. The fourth-order valence-electron chi connectivity index (χ4n) is 2.46. The molecule has 0 spiro atoms. The molecular formula is C20H28N2O2S. The Hall–Kier alpha value is -1.88. The zero-order chi connectivity index (χ0) is 18.6. The van der Waals surface area contributed by atoms with Crippen LogP contribution in [0.5, 0.6) is 5.75 Å². The van der Waals surface area contributed by atoms with Crippen LogP contribution >= 0.6 is 11.3 Å². The number of carbonyl (C=O) groups is 1. The SMILES string of the molecule is Cc1ccc(C(C)C)c(OC(C)C(=O)NCc2csc(C(C)C)n2)c1. The maximum absolute atomic E-state index is 12.4. The smallest absolute Gasteiger partial charge is 0.261 e. The molecule has 0 saturated carbocycles. The average Bonchev–Trinajstić information content (AvgIpc) is 3.01. The molecule has 0 aliphatic heterocycles. The summed E-state index contributed by atoms with van der Waals surface area (Å²) in [5, 5.41) is 6.01. The highest BCUT2D eigenvalue weighted by molar-refractivity contribution is 7.09. The summed E-state index contributed by atoms with van der Waals surface area (Å²) in [6.45, 7) is 12.7. The van der Waals surface area contributed by atoms with Gasteiger partial charge in [-0.2, -0.15) is 0 Å². The van der Waals surface area contributed by atoms with Crippen molar-refractivity contribution in [2.75, 3.05) is 0 Å². The van der Waals surface area contributed by atoms with Crippen molar-refractivity contribution in [3.05, 3.63) is 45.4 Å². The molecule has 1 amide bonds. The second kappa shape index (κ2) is 8.48. The lowest BCUT2D eigenvalue weighted by Gasteiger charge is -2.19. The second-order valence-corrected chi connectivity index (χ2v) is 7.90. The van der Waals surface area contributed by atoms with Gasteiger partial charge in [-0.3, -0.25) is 4.79 Å². The molecule has 2 rings (SSSR count). The van der Waals surface area contributed by atoms with E-state index in [9.17, 15) is 4.79 Å². The van der Waals surface area contributed by atoms with Gasteiger partial charge in [0.1, 0.15) is 5.75 Å². The van der Waals surface area contributed by atoms with Crippen molar-refractivity contribution in [2.45, 2.75) is 66.0 Å². The lowest BCUT2D eigenvalue weighted by atomic mass is 10.0. The number of nitrogens with zero attached hydrogens (tertiary/aromatic N) is 1. The highest BCUT2D eigenvalue weighted by Crippen LogP contribution is 2.28. The molecule has 1 heterocycles. The maximum atomic E-state index is 12.4. The molecule has 0 bridgehead atoms. The Morgan fingerprint density at radius 3 is 2.52 bits per heavy atom. The third-order valence-corrected chi connectivity index (χ3v) is 5.17. The standard InChI is InChI=1S/C20H28N2O2S/c1-12(2)17-8-7-14(5)9-18(17)24-15(6)19(23)21-10-16-11-25-20(22-16)13(3)4/h7-9,11-13,15H,10H2,1-6H3,(H,21,23). The molecule has 4 nitrogen and oxygen atoms in total. The van der Waals surface area contributed by atoms with Crippen LogP contribution in [0.25, 0.3) is 0 Å². The number of hydrogen-bond acceptors (Lipinski definition) is 4. The van der Waals surface area contributed by atoms with E-state index in [2.05, 4.69) is 50.1 Å². The van der Waals surface area contributed by atoms with E-state index in [1.165, 1.54) is 0 Å². The largest absolute Gasteiger partial charge is 0.481 e. The van der Waals surface area contributed by atoms with Gasteiger partial charge < -0.3 is 10.1 Å². The van der Waals surface area contributed by atoms with Crippen molar-refractivity contribution in [3.63, 3.8) is 0 Å². The Bertz CT molecular complexity index is 722. The van der Waals surface area contributed by atoms with Crippen LogP contribution < -0.4 is 10.1 Å². The highest BCUT2D eigenvalue weighted by Gasteiger charge is 2.18. The Labute approximate surface area is 154 Å². The second-order valence-electron chi connectivity index (χ2n) is 7.01. The summed E-state index contributed by atoms with van der Waals surface area (Å²) in [6.07, 6.45) is -0.553. The molecule has 0 radical (unpaired) electrons. The van der Waals surface area contributed by atoms with E-state index in [1.807, 2.05) is 18.4 Å². The number of aryl methyl sites for hydroxylation is 1. The first kappa shape index (κ1) is 19.4. The van der Waals surface area contributed by atoms with Crippen LogP contribution in [0, 0.1) is 6.92 Å². The monoisotopic (exact) mass is 360 g/mol. The van der Waals surface area contributed by atoms with E-state index in [0.717, 1.165) is 27.6 Å². The van der Waals surface area contributed by atoms with Crippen LogP contribution in [0.3, 0.4) is 0 Å². The molecule has 0 saturated heterocycles. The molecule has 1 atom stereocenters. The molecule has 2 aromatic rings. The van der Waals surface area contributed by atoms with Gasteiger partial charge in [0.15, 0.2) is 6.10 Å². The normalized spacial score (nSPS) is 12.5. The number of aromatic nitrogens is 1. The Morgan fingerprint density at radius 2 is 1.92 bits per heavy atom. The Morgan fingerprint density at radius 1 is 1.20 bits per heavy atom. The van der Waals surface area contributed by atoms with Crippen molar-refractivity contribution >= 4 is 17.2 Å². The van der Waals surface area contributed by atoms with Crippen molar-refractivity contribution in [1.82, 2.24) is 10.3 Å². The third-order valence-electron chi connectivity index (χ3n) is 3.97. The van der Waals surface area contributed by atoms with Gasteiger partial charge in [-0.1, -0.05) is 39.8 Å². The summed E-state index contributed by atoms with van der Waals surface area (Å²) < 4.78 is 5.95. The van der Waals surface area contributed by atoms with Crippen molar-refractivity contribution in [1.29, 1.82) is 0 Å². The third kappa shape index (κ3) is 5.30. The van der Waals surface area contributed by atoms with E-state index in [-0.39, 0.29) is 5.91 Å². The van der Waals surface area contributed by atoms with Gasteiger partial charge >= 0.3 is 0 Å². The van der Waals surface area contributed by atoms with E-state index >= 15 is 0 Å². The molecule has 0 aliphatic rings. The minimum atomic E-state index is -0.553. The van der Waals surface area contributed by atoms with Gasteiger partial charge in [-0.05, 0) is 37.0 Å². The number of nitrogens with one attached hydrogen (secondary N) is 1. The Kier molecular flexibility index (Phi) is 6.59. The first-order chi connectivity index (χ1) is 11.8. The minimum absolute atomic E-state index is 0.129. The van der Waals surface area contributed by atoms with E-state index in [4.69, 9.17) is 4.74 Å². The quantitative estimate of drug-likeness (QED) is 0.773. The lowest BCUT2D eigenvalue weighted by Crippen LogP contribution is -2.36. The Balaban J connectivity index is 1.97. The zero-order valence-corrected chi connectivity index (χ0v) is 16.7. The molecule has 1 aromatic carbocycles. The number of ether oxygens (including phenoxy) is 1. The van der Waals surface area contributed by atoms with Crippen molar-refractivity contribution in [2.24, 2.45) is 0 Å². The van der Waals surface area contributed by atoms with Gasteiger partial charge in [0.05, 0.1) is 17.2 Å². The lowest BCUT2D eigenvalue weighted by molar-refractivity contribution is -0.127. The summed E-state index contributed by atoms with van der Waals surface area (Å²) >= 11 is 1.63. The summed E-state index contributed by atoms with van der Waals surface area (Å²) in [6, 6.07) is 6.14. The van der Waals surface area contributed by atoms with Crippen molar-refractivity contribution in [3.8, 4) is 5.75 Å². The number of carbonyl (C=O) groups excluding carboxylic acids is 1. The maximum Gasteiger partial charge on any atom is 0.261 e. The van der Waals surface area contributed by atoms with Gasteiger partial charge in [0, 0.05) is 11.3 Å². The van der Waals surface area contributed by atoms with Gasteiger partial charge in [0.25, 0.3) is 5.91 Å². The van der Waals surface area contributed by atoms with Gasteiger partial charge in [-0.15, -0.1) is 11.3 Å². The van der Waals surface area contributed by atoms with Gasteiger partial charge in [0.2, 0.25) is 0 Å². The van der Waals surface area contributed by atoms with Crippen LogP contribution in [-0.4, -0.2) is 17.0 Å². The number of amides is 1. The summed E-state index contributed by atoms with van der Waals surface area (Å²) in [4.78, 5) is 16.9.